The number of primary amides is 1. The molecule has 92 valence electrons. The first kappa shape index (κ1) is 13.1. The first-order valence-electron chi connectivity index (χ1n) is 4.69. The number of nitrogens with one attached hydrogen (secondary N) is 1. The molecule has 0 saturated carbocycles. The number of aromatic hydroxyl groups is 1. The van der Waals surface area contributed by atoms with Gasteiger partial charge in [0.2, 0.25) is 0 Å². The number of ether oxygens (including phenoxy) is 1. The Kier molecular flexibility index (Phi) is 4.59. The normalized spacial score (nSPS) is 9.71. The smallest absolute Gasteiger partial charge is 0.404 e. The average Bonchev–Trinajstić information content (AvgIpc) is 2.27. The third-order valence-electron chi connectivity index (χ3n) is 1.84. The highest BCUT2D eigenvalue weighted by Gasteiger charge is 2.07. The maximum absolute atomic E-state index is 11.5. The predicted octanol–water partition coefficient (Wildman–Crippen LogP) is 0.871. The van der Waals surface area contributed by atoms with E-state index in [1.165, 1.54) is 18.2 Å². The van der Waals surface area contributed by atoms with Crippen molar-refractivity contribution in [2.45, 2.75) is 0 Å². The molecule has 0 aromatic heterocycles. The third kappa shape index (κ3) is 4.20. The van der Waals surface area contributed by atoms with Crippen LogP contribution in [0.25, 0.3) is 0 Å². The first-order valence-corrected chi connectivity index (χ1v) is 5.07. The highest BCUT2D eigenvalue weighted by molar-refractivity contribution is 6.32. The van der Waals surface area contributed by atoms with Crippen molar-refractivity contribution in [3.8, 4) is 5.75 Å². The Labute approximate surface area is 102 Å². The second-order valence-electron chi connectivity index (χ2n) is 3.09. The van der Waals surface area contributed by atoms with Crippen LogP contribution in [0.15, 0.2) is 18.2 Å². The summed E-state index contributed by atoms with van der Waals surface area (Å²) in [7, 11) is 0. The fourth-order valence-corrected chi connectivity index (χ4v) is 1.25. The molecule has 0 bridgehead atoms. The largest absolute Gasteiger partial charge is 0.506 e. The number of halogens is 1. The van der Waals surface area contributed by atoms with Crippen molar-refractivity contribution in [1.29, 1.82) is 0 Å². The predicted molar refractivity (Wildman–Crippen MR) is 61.0 cm³/mol. The number of phenols is 1. The van der Waals surface area contributed by atoms with E-state index in [1.807, 2.05) is 0 Å². The number of phenolic OH excluding ortho intramolecular Hbond substituents is 1. The van der Waals surface area contributed by atoms with E-state index in [2.05, 4.69) is 10.1 Å². The fraction of sp³-hybridized carbons (Fsp3) is 0.200. The van der Waals surface area contributed by atoms with Crippen molar-refractivity contribution < 1.29 is 19.4 Å². The Morgan fingerprint density at radius 2 is 2.18 bits per heavy atom. The van der Waals surface area contributed by atoms with Crippen molar-refractivity contribution in [1.82, 2.24) is 5.32 Å². The molecule has 1 rings (SSSR count). The van der Waals surface area contributed by atoms with Gasteiger partial charge in [-0.3, -0.25) is 4.79 Å². The van der Waals surface area contributed by atoms with Crippen molar-refractivity contribution >= 4 is 23.6 Å². The molecule has 0 aliphatic carbocycles. The van der Waals surface area contributed by atoms with Crippen LogP contribution in [0.3, 0.4) is 0 Å². The molecule has 0 fully saturated rings. The maximum Gasteiger partial charge on any atom is 0.404 e. The molecule has 0 spiro atoms. The van der Waals surface area contributed by atoms with Crippen molar-refractivity contribution in [2.75, 3.05) is 13.2 Å². The van der Waals surface area contributed by atoms with Gasteiger partial charge < -0.3 is 20.9 Å². The Balaban J connectivity index is 2.47. The van der Waals surface area contributed by atoms with Gasteiger partial charge in [0.15, 0.2) is 0 Å². The average molecular weight is 259 g/mol. The molecular formula is C10H11ClN2O4. The van der Waals surface area contributed by atoms with Crippen LogP contribution in [0, 0.1) is 0 Å². The lowest BCUT2D eigenvalue weighted by molar-refractivity contribution is 0.0937. The Bertz CT molecular complexity index is 436. The van der Waals surface area contributed by atoms with Crippen LogP contribution in [-0.4, -0.2) is 30.3 Å². The zero-order valence-electron chi connectivity index (χ0n) is 8.77. The highest BCUT2D eigenvalue weighted by atomic mass is 35.5. The van der Waals surface area contributed by atoms with Gasteiger partial charge in [-0.2, -0.15) is 0 Å². The molecule has 0 aliphatic rings. The maximum atomic E-state index is 11.5. The SMILES string of the molecule is NC(=O)OCCNC(=O)c1ccc(O)c(Cl)c1. The van der Waals surface area contributed by atoms with Gasteiger partial charge in [-0.1, -0.05) is 11.6 Å². The summed E-state index contributed by atoms with van der Waals surface area (Å²) in [6.07, 6.45) is -0.896. The zero-order valence-corrected chi connectivity index (χ0v) is 9.53. The summed E-state index contributed by atoms with van der Waals surface area (Å²) >= 11 is 5.64. The summed E-state index contributed by atoms with van der Waals surface area (Å²) < 4.78 is 4.43. The van der Waals surface area contributed by atoms with E-state index in [9.17, 15) is 9.59 Å². The number of benzene rings is 1. The van der Waals surface area contributed by atoms with Crippen molar-refractivity contribution in [2.24, 2.45) is 5.73 Å². The van der Waals surface area contributed by atoms with E-state index in [0.29, 0.717) is 5.56 Å². The lowest BCUT2D eigenvalue weighted by Crippen LogP contribution is -2.28. The molecule has 4 N–H and O–H groups in total. The minimum absolute atomic E-state index is 0.00705. The van der Waals surface area contributed by atoms with Crippen molar-refractivity contribution in [3.05, 3.63) is 28.8 Å². The van der Waals surface area contributed by atoms with E-state index in [4.69, 9.17) is 22.4 Å². The fourth-order valence-electron chi connectivity index (χ4n) is 1.07. The molecule has 0 saturated heterocycles. The van der Waals surface area contributed by atoms with Crippen LogP contribution in [-0.2, 0) is 4.74 Å². The van der Waals surface area contributed by atoms with Crippen molar-refractivity contribution in [3.63, 3.8) is 0 Å². The van der Waals surface area contributed by atoms with E-state index < -0.39 is 6.09 Å². The molecule has 0 radical (unpaired) electrons. The summed E-state index contributed by atoms with van der Waals surface area (Å²) in [6.45, 7) is 0.132. The Morgan fingerprint density at radius 1 is 1.47 bits per heavy atom. The van der Waals surface area contributed by atoms with Gasteiger partial charge in [-0.05, 0) is 18.2 Å². The number of hydrogen-bond acceptors (Lipinski definition) is 4. The van der Waals surface area contributed by atoms with Gasteiger partial charge >= 0.3 is 6.09 Å². The monoisotopic (exact) mass is 258 g/mol. The van der Waals surface area contributed by atoms with Gasteiger partial charge in [0.05, 0.1) is 11.6 Å². The highest BCUT2D eigenvalue weighted by Crippen LogP contribution is 2.23. The van der Waals surface area contributed by atoms with Crippen LogP contribution in [0.2, 0.25) is 5.02 Å². The standard InChI is InChI=1S/C10H11ClN2O4/c11-7-5-6(1-2-8(7)14)9(15)13-3-4-17-10(12)16/h1-2,5,14H,3-4H2,(H2,12,16)(H,13,15). The number of amides is 2. The van der Waals surface area contributed by atoms with Gasteiger partial charge in [-0.15, -0.1) is 0 Å². The molecule has 1 aromatic rings. The second-order valence-corrected chi connectivity index (χ2v) is 3.50. The first-order chi connectivity index (χ1) is 8.00. The molecule has 17 heavy (non-hydrogen) atoms. The summed E-state index contributed by atoms with van der Waals surface area (Å²) in [5.74, 6) is -0.486. The molecule has 7 heteroatoms. The van der Waals surface area contributed by atoms with E-state index >= 15 is 0 Å². The molecule has 0 atom stereocenters. The summed E-state index contributed by atoms with van der Waals surface area (Å²) in [4.78, 5) is 21.8. The van der Waals surface area contributed by atoms with Crippen LogP contribution in [0.1, 0.15) is 10.4 Å². The van der Waals surface area contributed by atoms with Crippen LogP contribution < -0.4 is 11.1 Å². The van der Waals surface area contributed by atoms with Crippen LogP contribution >= 0.6 is 11.6 Å². The van der Waals surface area contributed by atoms with E-state index in [1.54, 1.807) is 0 Å². The minimum Gasteiger partial charge on any atom is -0.506 e. The number of carbonyl (C=O) groups is 2. The second kappa shape index (κ2) is 5.95. The molecule has 6 nitrogen and oxygen atoms in total. The van der Waals surface area contributed by atoms with Gasteiger partial charge in [0.1, 0.15) is 12.4 Å². The summed E-state index contributed by atoms with van der Waals surface area (Å²) in [6, 6.07) is 4.07. The molecule has 0 aliphatic heterocycles. The van der Waals surface area contributed by atoms with E-state index in [0.717, 1.165) is 0 Å². The van der Waals surface area contributed by atoms with Gasteiger partial charge in [-0.25, -0.2) is 4.79 Å². The van der Waals surface area contributed by atoms with Gasteiger partial charge in [0.25, 0.3) is 5.91 Å². The van der Waals surface area contributed by atoms with Crippen LogP contribution in [0.5, 0.6) is 5.75 Å². The summed E-state index contributed by atoms with van der Waals surface area (Å²) in [5.41, 5.74) is 5.04. The third-order valence-corrected chi connectivity index (χ3v) is 2.14. The Hall–Kier alpha value is -1.95. The minimum atomic E-state index is -0.896. The number of nitrogens with two attached hydrogens (primary N) is 1. The van der Waals surface area contributed by atoms with Gasteiger partial charge in [0, 0.05) is 5.56 Å². The molecule has 0 unspecified atom stereocenters. The zero-order chi connectivity index (χ0) is 12.8. The number of hydrogen-bond donors (Lipinski definition) is 3. The quantitative estimate of drug-likeness (QED) is 0.698. The molecule has 1 aromatic carbocycles. The lowest BCUT2D eigenvalue weighted by Gasteiger charge is -2.06. The lowest BCUT2D eigenvalue weighted by atomic mass is 10.2. The number of carbonyl (C=O) groups excluding carboxylic acids is 2. The molecule has 2 amide bonds. The number of rotatable bonds is 4. The molecular weight excluding hydrogens is 248 g/mol. The Morgan fingerprint density at radius 3 is 2.76 bits per heavy atom. The summed E-state index contributed by atoms with van der Waals surface area (Å²) in [5, 5.41) is 11.7. The molecule has 0 heterocycles. The van der Waals surface area contributed by atoms with E-state index in [-0.39, 0.29) is 29.8 Å². The topological polar surface area (TPSA) is 102 Å². The van der Waals surface area contributed by atoms with Crippen LogP contribution in [0.4, 0.5) is 4.79 Å².